The third-order valence-corrected chi connectivity index (χ3v) is 2.84. The summed E-state index contributed by atoms with van der Waals surface area (Å²) in [4.78, 5) is 0. The summed E-state index contributed by atoms with van der Waals surface area (Å²) in [5, 5.41) is 4.94. The monoisotopic (exact) mass is 265 g/mol. The van der Waals surface area contributed by atoms with Gasteiger partial charge in [0.05, 0.1) is 10.7 Å². The Labute approximate surface area is 111 Å². The number of hydrogen-bond acceptors (Lipinski definition) is 3. The maximum Gasteiger partial charge on any atom is 0.140 e. The van der Waals surface area contributed by atoms with Crippen LogP contribution in [0.15, 0.2) is 30.5 Å². The Balaban J connectivity index is 2.04. The molecule has 4 nitrogen and oxygen atoms in total. The standard InChI is InChI=1S/C13H16ClN3O/c1-9(2)17-6-5-11(16-17)8-18-13-7-10(15)3-4-12(13)14/h3-7,9H,8,15H2,1-2H3. The predicted molar refractivity (Wildman–Crippen MR) is 72.8 cm³/mol. The molecular weight excluding hydrogens is 250 g/mol. The molecule has 2 aromatic rings. The van der Waals surface area contributed by atoms with Crippen LogP contribution in [0.4, 0.5) is 5.69 Å². The minimum absolute atomic E-state index is 0.342. The van der Waals surface area contributed by atoms with Gasteiger partial charge in [0.15, 0.2) is 0 Å². The summed E-state index contributed by atoms with van der Waals surface area (Å²) in [5.74, 6) is 0.579. The van der Waals surface area contributed by atoms with Gasteiger partial charge in [-0.2, -0.15) is 5.10 Å². The molecule has 0 spiro atoms. The summed E-state index contributed by atoms with van der Waals surface area (Å²) in [7, 11) is 0. The Bertz CT molecular complexity index is 537. The van der Waals surface area contributed by atoms with Crippen molar-refractivity contribution in [3.63, 3.8) is 0 Å². The predicted octanol–water partition coefficient (Wildman–Crippen LogP) is 3.28. The first kappa shape index (κ1) is 12.8. The number of halogens is 1. The van der Waals surface area contributed by atoms with Crippen molar-refractivity contribution in [2.75, 3.05) is 5.73 Å². The van der Waals surface area contributed by atoms with Gasteiger partial charge in [-0.15, -0.1) is 0 Å². The highest BCUT2D eigenvalue weighted by Crippen LogP contribution is 2.27. The van der Waals surface area contributed by atoms with Gasteiger partial charge in [-0.05, 0) is 32.0 Å². The second-order valence-electron chi connectivity index (χ2n) is 4.36. The Morgan fingerprint density at radius 3 is 2.83 bits per heavy atom. The Morgan fingerprint density at radius 1 is 1.39 bits per heavy atom. The maximum atomic E-state index is 6.01. The molecule has 1 heterocycles. The SMILES string of the molecule is CC(C)n1ccc(COc2cc(N)ccc2Cl)n1. The summed E-state index contributed by atoms with van der Waals surface area (Å²) < 4.78 is 7.50. The maximum absolute atomic E-state index is 6.01. The van der Waals surface area contributed by atoms with Crippen LogP contribution in [0.1, 0.15) is 25.6 Å². The number of nitrogens with two attached hydrogens (primary N) is 1. The van der Waals surface area contributed by atoms with Crippen molar-refractivity contribution < 1.29 is 4.74 Å². The number of nitrogens with zero attached hydrogens (tertiary/aromatic N) is 2. The Kier molecular flexibility index (Phi) is 3.77. The Hall–Kier alpha value is -1.68. The molecule has 0 aliphatic heterocycles. The highest BCUT2D eigenvalue weighted by atomic mass is 35.5. The molecule has 0 atom stereocenters. The highest BCUT2D eigenvalue weighted by molar-refractivity contribution is 6.32. The molecule has 0 unspecified atom stereocenters. The van der Waals surface area contributed by atoms with Crippen molar-refractivity contribution >= 4 is 17.3 Å². The fourth-order valence-corrected chi connectivity index (χ4v) is 1.70. The molecule has 0 radical (unpaired) electrons. The lowest BCUT2D eigenvalue weighted by Gasteiger charge is -2.07. The second-order valence-corrected chi connectivity index (χ2v) is 4.77. The molecule has 1 aromatic heterocycles. The molecule has 5 heteroatoms. The van der Waals surface area contributed by atoms with Crippen molar-refractivity contribution in [3.8, 4) is 5.75 Å². The lowest BCUT2D eigenvalue weighted by molar-refractivity contribution is 0.299. The van der Waals surface area contributed by atoms with Crippen molar-refractivity contribution in [2.45, 2.75) is 26.5 Å². The topological polar surface area (TPSA) is 53.1 Å². The highest BCUT2D eigenvalue weighted by Gasteiger charge is 2.05. The first-order valence-electron chi connectivity index (χ1n) is 5.78. The van der Waals surface area contributed by atoms with Crippen LogP contribution in [0.5, 0.6) is 5.75 Å². The molecule has 0 saturated heterocycles. The van der Waals surface area contributed by atoms with Crippen LogP contribution in [0.25, 0.3) is 0 Å². The van der Waals surface area contributed by atoms with E-state index < -0.39 is 0 Å². The van der Waals surface area contributed by atoms with E-state index in [9.17, 15) is 0 Å². The number of nitrogen functional groups attached to an aromatic ring is 1. The number of rotatable bonds is 4. The fraction of sp³-hybridized carbons (Fsp3) is 0.308. The molecule has 0 amide bonds. The third-order valence-electron chi connectivity index (χ3n) is 2.52. The minimum atomic E-state index is 0.342. The smallest absolute Gasteiger partial charge is 0.140 e. The van der Waals surface area contributed by atoms with E-state index in [1.807, 2.05) is 16.9 Å². The summed E-state index contributed by atoms with van der Waals surface area (Å²) >= 11 is 6.01. The molecule has 2 N–H and O–H groups in total. The molecule has 0 aliphatic carbocycles. The number of hydrogen-bond donors (Lipinski definition) is 1. The van der Waals surface area contributed by atoms with E-state index in [2.05, 4.69) is 18.9 Å². The second kappa shape index (κ2) is 5.31. The van der Waals surface area contributed by atoms with Crippen LogP contribution in [0.3, 0.4) is 0 Å². The third kappa shape index (κ3) is 2.96. The van der Waals surface area contributed by atoms with Gasteiger partial charge in [0.2, 0.25) is 0 Å². The molecule has 18 heavy (non-hydrogen) atoms. The van der Waals surface area contributed by atoms with Gasteiger partial charge < -0.3 is 10.5 Å². The fourth-order valence-electron chi connectivity index (χ4n) is 1.52. The van der Waals surface area contributed by atoms with E-state index in [0.29, 0.717) is 29.1 Å². The van der Waals surface area contributed by atoms with Crippen LogP contribution in [0, 0.1) is 0 Å². The zero-order chi connectivity index (χ0) is 13.1. The van der Waals surface area contributed by atoms with Gasteiger partial charge in [-0.25, -0.2) is 0 Å². The number of benzene rings is 1. The van der Waals surface area contributed by atoms with Crippen molar-refractivity contribution in [2.24, 2.45) is 0 Å². The summed E-state index contributed by atoms with van der Waals surface area (Å²) in [6, 6.07) is 7.44. The van der Waals surface area contributed by atoms with Crippen LogP contribution < -0.4 is 10.5 Å². The van der Waals surface area contributed by atoms with Crippen LogP contribution in [-0.4, -0.2) is 9.78 Å². The van der Waals surface area contributed by atoms with E-state index in [1.54, 1.807) is 18.2 Å². The largest absolute Gasteiger partial charge is 0.486 e. The zero-order valence-corrected chi connectivity index (χ0v) is 11.2. The molecular formula is C13H16ClN3O. The van der Waals surface area contributed by atoms with Crippen LogP contribution >= 0.6 is 11.6 Å². The van der Waals surface area contributed by atoms with Crippen LogP contribution in [-0.2, 0) is 6.61 Å². The average Bonchev–Trinajstić information content (AvgIpc) is 2.79. The van der Waals surface area contributed by atoms with Crippen molar-refractivity contribution in [1.29, 1.82) is 0 Å². The van der Waals surface area contributed by atoms with E-state index in [-0.39, 0.29) is 0 Å². The zero-order valence-electron chi connectivity index (χ0n) is 10.4. The average molecular weight is 266 g/mol. The molecule has 96 valence electrons. The van der Waals surface area contributed by atoms with E-state index >= 15 is 0 Å². The van der Waals surface area contributed by atoms with Gasteiger partial charge in [-0.3, -0.25) is 4.68 Å². The molecule has 0 bridgehead atoms. The molecule has 0 aliphatic rings. The normalized spacial score (nSPS) is 10.9. The van der Waals surface area contributed by atoms with E-state index in [0.717, 1.165) is 5.69 Å². The summed E-state index contributed by atoms with van der Waals surface area (Å²) in [6.07, 6.45) is 1.93. The minimum Gasteiger partial charge on any atom is -0.486 e. The van der Waals surface area contributed by atoms with Gasteiger partial charge in [0, 0.05) is 24.0 Å². The van der Waals surface area contributed by atoms with Gasteiger partial charge in [0.1, 0.15) is 12.4 Å². The lowest BCUT2D eigenvalue weighted by Crippen LogP contribution is -2.03. The number of anilines is 1. The quantitative estimate of drug-likeness (QED) is 0.863. The molecule has 1 aromatic carbocycles. The first-order chi connectivity index (χ1) is 8.56. The Morgan fingerprint density at radius 2 is 2.17 bits per heavy atom. The van der Waals surface area contributed by atoms with Gasteiger partial charge in [-0.1, -0.05) is 11.6 Å². The molecule has 0 fully saturated rings. The van der Waals surface area contributed by atoms with E-state index in [1.165, 1.54) is 0 Å². The van der Waals surface area contributed by atoms with Crippen LogP contribution in [0.2, 0.25) is 5.02 Å². The summed E-state index contributed by atoms with van der Waals surface area (Å²) in [5.41, 5.74) is 7.17. The summed E-state index contributed by atoms with van der Waals surface area (Å²) in [6.45, 7) is 4.53. The van der Waals surface area contributed by atoms with Gasteiger partial charge >= 0.3 is 0 Å². The van der Waals surface area contributed by atoms with Gasteiger partial charge in [0.25, 0.3) is 0 Å². The lowest BCUT2D eigenvalue weighted by atomic mass is 10.3. The number of ether oxygens (including phenoxy) is 1. The molecule has 0 saturated carbocycles. The number of aromatic nitrogens is 2. The van der Waals surface area contributed by atoms with Crippen molar-refractivity contribution in [3.05, 3.63) is 41.2 Å². The van der Waals surface area contributed by atoms with Crippen molar-refractivity contribution in [1.82, 2.24) is 9.78 Å². The first-order valence-corrected chi connectivity index (χ1v) is 6.16. The van der Waals surface area contributed by atoms with E-state index in [4.69, 9.17) is 22.1 Å². The molecule has 2 rings (SSSR count).